The first-order valence-corrected chi connectivity index (χ1v) is 6.44. The molecule has 0 fully saturated rings. The number of halogens is 2. The highest BCUT2D eigenvalue weighted by Gasteiger charge is 2.11. The standard InChI is InChI=1S/C14H13ClFN3O/c1-2-17-10-5-6-18-13(8-10)14(20)19-12-4-3-9(15)7-11(12)16/h3-8H,2H2,1H3,(H,17,18)(H,19,20). The summed E-state index contributed by atoms with van der Waals surface area (Å²) in [6.45, 7) is 2.68. The van der Waals surface area contributed by atoms with Crippen LogP contribution in [0.2, 0.25) is 5.02 Å². The van der Waals surface area contributed by atoms with Crippen LogP contribution in [0.25, 0.3) is 0 Å². The van der Waals surface area contributed by atoms with Crippen molar-refractivity contribution in [2.24, 2.45) is 0 Å². The Bertz CT molecular complexity index is 634. The lowest BCUT2D eigenvalue weighted by molar-refractivity contribution is 0.102. The molecule has 2 rings (SSSR count). The van der Waals surface area contributed by atoms with Gasteiger partial charge in [-0.1, -0.05) is 11.6 Å². The van der Waals surface area contributed by atoms with Crippen molar-refractivity contribution in [1.82, 2.24) is 4.98 Å². The number of aromatic nitrogens is 1. The van der Waals surface area contributed by atoms with Crippen molar-refractivity contribution in [3.05, 3.63) is 53.1 Å². The van der Waals surface area contributed by atoms with E-state index in [1.165, 1.54) is 18.3 Å². The Balaban J connectivity index is 2.17. The van der Waals surface area contributed by atoms with Crippen molar-refractivity contribution >= 4 is 28.9 Å². The molecule has 0 radical (unpaired) electrons. The predicted molar refractivity (Wildman–Crippen MR) is 77.8 cm³/mol. The molecule has 104 valence electrons. The van der Waals surface area contributed by atoms with Crippen LogP contribution < -0.4 is 10.6 Å². The molecule has 4 nitrogen and oxygen atoms in total. The minimum absolute atomic E-state index is 0.0649. The van der Waals surface area contributed by atoms with Crippen LogP contribution in [0, 0.1) is 5.82 Å². The molecule has 0 spiro atoms. The SMILES string of the molecule is CCNc1ccnc(C(=O)Nc2ccc(Cl)cc2F)c1. The number of amides is 1. The first kappa shape index (κ1) is 14.3. The molecule has 1 heterocycles. The van der Waals surface area contributed by atoms with Gasteiger partial charge in [0.2, 0.25) is 0 Å². The van der Waals surface area contributed by atoms with Crippen LogP contribution in [0.3, 0.4) is 0 Å². The largest absolute Gasteiger partial charge is 0.385 e. The summed E-state index contributed by atoms with van der Waals surface area (Å²) in [5, 5.41) is 5.81. The zero-order valence-electron chi connectivity index (χ0n) is 10.8. The molecule has 1 amide bonds. The van der Waals surface area contributed by atoms with Crippen molar-refractivity contribution in [2.75, 3.05) is 17.2 Å². The van der Waals surface area contributed by atoms with Crippen LogP contribution in [0.15, 0.2) is 36.5 Å². The maximum absolute atomic E-state index is 13.6. The van der Waals surface area contributed by atoms with Gasteiger partial charge in [0.1, 0.15) is 11.5 Å². The number of benzene rings is 1. The van der Waals surface area contributed by atoms with Gasteiger partial charge < -0.3 is 10.6 Å². The average Bonchev–Trinajstić information content (AvgIpc) is 2.42. The topological polar surface area (TPSA) is 54.0 Å². The Morgan fingerprint density at radius 2 is 2.15 bits per heavy atom. The maximum atomic E-state index is 13.6. The van der Waals surface area contributed by atoms with E-state index in [1.54, 1.807) is 12.1 Å². The summed E-state index contributed by atoms with van der Waals surface area (Å²) in [7, 11) is 0. The first-order chi connectivity index (χ1) is 9.60. The summed E-state index contributed by atoms with van der Waals surface area (Å²) < 4.78 is 13.6. The lowest BCUT2D eigenvalue weighted by Gasteiger charge is -2.08. The molecule has 0 unspecified atom stereocenters. The van der Waals surface area contributed by atoms with E-state index in [1.807, 2.05) is 6.92 Å². The van der Waals surface area contributed by atoms with Gasteiger partial charge in [-0.2, -0.15) is 0 Å². The highest BCUT2D eigenvalue weighted by atomic mass is 35.5. The minimum Gasteiger partial charge on any atom is -0.385 e. The number of anilines is 2. The van der Waals surface area contributed by atoms with E-state index in [4.69, 9.17) is 11.6 Å². The Labute approximate surface area is 121 Å². The van der Waals surface area contributed by atoms with Crippen molar-refractivity contribution in [3.8, 4) is 0 Å². The van der Waals surface area contributed by atoms with E-state index in [9.17, 15) is 9.18 Å². The Morgan fingerprint density at radius 1 is 1.35 bits per heavy atom. The molecule has 0 saturated heterocycles. The summed E-state index contributed by atoms with van der Waals surface area (Å²) in [6, 6.07) is 7.40. The number of hydrogen-bond acceptors (Lipinski definition) is 3. The lowest BCUT2D eigenvalue weighted by Crippen LogP contribution is -2.15. The van der Waals surface area contributed by atoms with Crippen LogP contribution in [0.1, 0.15) is 17.4 Å². The van der Waals surface area contributed by atoms with Crippen LogP contribution in [0.5, 0.6) is 0 Å². The lowest BCUT2D eigenvalue weighted by atomic mass is 10.2. The Kier molecular flexibility index (Phi) is 4.53. The fraction of sp³-hybridized carbons (Fsp3) is 0.143. The van der Waals surface area contributed by atoms with Gasteiger partial charge in [0.25, 0.3) is 5.91 Å². The van der Waals surface area contributed by atoms with Gasteiger partial charge in [0.15, 0.2) is 0 Å². The summed E-state index contributed by atoms with van der Waals surface area (Å²) in [6.07, 6.45) is 1.52. The van der Waals surface area contributed by atoms with Crippen molar-refractivity contribution in [2.45, 2.75) is 6.92 Å². The molecular formula is C14H13ClFN3O. The van der Waals surface area contributed by atoms with Gasteiger partial charge in [0.05, 0.1) is 5.69 Å². The number of pyridine rings is 1. The van der Waals surface area contributed by atoms with E-state index in [0.717, 1.165) is 18.3 Å². The number of nitrogens with one attached hydrogen (secondary N) is 2. The normalized spacial score (nSPS) is 10.2. The van der Waals surface area contributed by atoms with Gasteiger partial charge in [-0.25, -0.2) is 4.39 Å². The fourth-order valence-electron chi connectivity index (χ4n) is 1.65. The van der Waals surface area contributed by atoms with Crippen LogP contribution in [0.4, 0.5) is 15.8 Å². The second-order valence-electron chi connectivity index (χ2n) is 4.04. The minimum atomic E-state index is -0.589. The van der Waals surface area contributed by atoms with E-state index >= 15 is 0 Å². The van der Waals surface area contributed by atoms with E-state index < -0.39 is 11.7 Å². The molecule has 0 saturated carbocycles. The molecule has 0 aliphatic rings. The molecule has 0 atom stereocenters. The Hall–Kier alpha value is -2.14. The van der Waals surface area contributed by atoms with Crippen molar-refractivity contribution in [1.29, 1.82) is 0 Å². The quantitative estimate of drug-likeness (QED) is 0.906. The molecule has 2 aromatic rings. The Morgan fingerprint density at radius 3 is 2.85 bits per heavy atom. The molecule has 6 heteroatoms. The van der Waals surface area contributed by atoms with Gasteiger partial charge in [-0.15, -0.1) is 0 Å². The summed E-state index contributed by atoms with van der Waals surface area (Å²) in [5.41, 5.74) is 1.05. The van der Waals surface area contributed by atoms with Gasteiger partial charge in [-0.05, 0) is 37.3 Å². The van der Waals surface area contributed by atoms with Gasteiger partial charge in [-0.3, -0.25) is 9.78 Å². The first-order valence-electron chi connectivity index (χ1n) is 6.06. The second-order valence-corrected chi connectivity index (χ2v) is 4.47. The molecule has 2 N–H and O–H groups in total. The predicted octanol–water partition coefficient (Wildman–Crippen LogP) is 3.56. The monoisotopic (exact) mass is 293 g/mol. The molecule has 0 aliphatic heterocycles. The van der Waals surface area contributed by atoms with E-state index in [2.05, 4.69) is 15.6 Å². The molecule has 1 aromatic heterocycles. The average molecular weight is 294 g/mol. The molecule has 20 heavy (non-hydrogen) atoms. The second kappa shape index (κ2) is 6.34. The summed E-state index contributed by atoms with van der Waals surface area (Å²) in [5.74, 6) is -1.07. The number of carbonyl (C=O) groups excluding carboxylic acids is 1. The third-order valence-electron chi connectivity index (χ3n) is 2.55. The van der Waals surface area contributed by atoms with Crippen LogP contribution >= 0.6 is 11.6 Å². The number of nitrogens with zero attached hydrogens (tertiary/aromatic N) is 1. The fourth-order valence-corrected chi connectivity index (χ4v) is 1.80. The maximum Gasteiger partial charge on any atom is 0.274 e. The molecular weight excluding hydrogens is 281 g/mol. The summed E-state index contributed by atoms with van der Waals surface area (Å²) in [4.78, 5) is 16.0. The van der Waals surface area contributed by atoms with Crippen LogP contribution in [-0.2, 0) is 0 Å². The molecule has 1 aromatic carbocycles. The highest BCUT2D eigenvalue weighted by Crippen LogP contribution is 2.19. The molecule has 0 bridgehead atoms. The van der Waals surface area contributed by atoms with Gasteiger partial charge >= 0.3 is 0 Å². The third-order valence-corrected chi connectivity index (χ3v) is 2.79. The van der Waals surface area contributed by atoms with Crippen molar-refractivity contribution in [3.63, 3.8) is 0 Å². The zero-order valence-corrected chi connectivity index (χ0v) is 11.5. The van der Waals surface area contributed by atoms with E-state index in [-0.39, 0.29) is 16.4 Å². The number of hydrogen-bond donors (Lipinski definition) is 2. The molecule has 0 aliphatic carbocycles. The third kappa shape index (κ3) is 3.45. The highest BCUT2D eigenvalue weighted by molar-refractivity contribution is 6.30. The van der Waals surface area contributed by atoms with Crippen molar-refractivity contribution < 1.29 is 9.18 Å². The summed E-state index contributed by atoms with van der Waals surface area (Å²) >= 11 is 5.65. The zero-order chi connectivity index (χ0) is 14.5. The smallest absolute Gasteiger partial charge is 0.274 e. The number of carbonyl (C=O) groups is 1. The van der Waals surface area contributed by atoms with Gasteiger partial charge in [0, 0.05) is 23.5 Å². The number of rotatable bonds is 4. The van der Waals surface area contributed by atoms with E-state index in [0.29, 0.717) is 0 Å². The van der Waals surface area contributed by atoms with Crippen LogP contribution in [-0.4, -0.2) is 17.4 Å².